The number of halogens is 5. The molecule has 0 aliphatic carbocycles. The second-order valence-electron chi connectivity index (χ2n) is 4.05. The Hall–Kier alpha value is -1.73. The van der Waals surface area contributed by atoms with Crippen molar-refractivity contribution in [1.82, 2.24) is 10.2 Å². The van der Waals surface area contributed by atoms with Crippen molar-refractivity contribution < 1.29 is 18.3 Å². The molecule has 0 unspecified atom stereocenters. The summed E-state index contributed by atoms with van der Waals surface area (Å²) in [6.45, 7) is -1.21. The highest BCUT2D eigenvalue weighted by molar-refractivity contribution is 6.36. The fourth-order valence-corrected chi connectivity index (χ4v) is 2.14. The Balaban J connectivity index is 2.24. The van der Waals surface area contributed by atoms with Gasteiger partial charge in [0.25, 0.3) is 0 Å². The standard InChI is InChI=1S/C12H8Cl2F3N3O/c13-6-3-7(14)11(9(21)4-6)8-1-2-10(20-19-8)18-5-12(15,16)17/h1-4,21H,5H2,(H,18,20). The van der Waals surface area contributed by atoms with Gasteiger partial charge >= 0.3 is 6.18 Å². The summed E-state index contributed by atoms with van der Waals surface area (Å²) in [6, 6.07) is 5.38. The van der Waals surface area contributed by atoms with E-state index in [1.54, 1.807) is 0 Å². The maximum Gasteiger partial charge on any atom is 0.405 e. The highest BCUT2D eigenvalue weighted by Crippen LogP contribution is 2.37. The zero-order chi connectivity index (χ0) is 15.6. The number of benzene rings is 1. The molecule has 0 aliphatic rings. The van der Waals surface area contributed by atoms with Crippen molar-refractivity contribution in [2.75, 3.05) is 11.9 Å². The summed E-state index contributed by atoms with van der Waals surface area (Å²) in [5.41, 5.74) is 0.419. The van der Waals surface area contributed by atoms with E-state index in [1.807, 2.05) is 0 Å². The summed E-state index contributed by atoms with van der Waals surface area (Å²) in [5, 5.41) is 19.6. The van der Waals surface area contributed by atoms with Crippen LogP contribution in [0.25, 0.3) is 11.3 Å². The average Bonchev–Trinajstić information content (AvgIpc) is 2.35. The van der Waals surface area contributed by atoms with E-state index >= 15 is 0 Å². The summed E-state index contributed by atoms with van der Waals surface area (Å²) in [5.74, 6) is -0.238. The maximum absolute atomic E-state index is 12.1. The molecule has 1 heterocycles. The molecule has 2 aromatic rings. The van der Waals surface area contributed by atoms with E-state index in [2.05, 4.69) is 15.5 Å². The van der Waals surface area contributed by atoms with Crippen LogP contribution in [0, 0.1) is 0 Å². The van der Waals surface area contributed by atoms with Crippen molar-refractivity contribution in [3.8, 4) is 17.0 Å². The predicted octanol–water partition coefficient (Wildman–Crippen LogP) is 4.13. The van der Waals surface area contributed by atoms with Crippen LogP contribution in [0.2, 0.25) is 10.0 Å². The van der Waals surface area contributed by atoms with E-state index in [4.69, 9.17) is 23.2 Å². The molecule has 0 aliphatic heterocycles. The van der Waals surface area contributed by atoms with Crippen LogP contribution in [-0.4, -0.2) is 28.0 Å². The van der Waals surface area contributed by atoms with Gasteiger partial charge in [-0.3, -0.25) is 0 Å². The van der Waals surface area contributed by atoms with E-state index in [0.717, 1.165) is 0 Å². The molecular weight excluding hydrogens is 330 g/mol. The molecule has 0 saturated heterocycles. The molecule has 9 heteroatoms. The molecule has 1 aromatic carbocycles. The molecule has 4 nitrogen and oxygen atoms in total. The third kappa shape index (κ3) is 4.12. The molecule has 0 atom stereocenters. The van der Waals surface area contributed by atoms with E-state index < -0.39 is 12.7 Å². The minimum absolute atomic E-state index is 0.0411. The number of phenols is 1. The van der Waals surface area contributed by atoms with Gasteiger partial charge in [0.05, 0.1) is 16.3 Å². The number of nitrogens with one attached hydrogen (secondary N) is 1. The Labute approximate surface area is 127 Å². The molecule has 1 aromatic heterocycles. The second kappa shape index (κ2) is 5.95. The first-order valence-electron chi connectivity index (χ1n) is 5.59. The van der Waals surface area contributed by atoms with Gasteiger partial charge < -0.3 is 10.4 Å². The number of hydrogen-bond acceptors (Lipinski definition) is 4. The number of alkyl halides is 3. The number of aromatic nitrogens is 2. The number of hydrogen-bond donors (Lipinski definition) is 2. The molecule has 2 N–H and O–H groups in total. The normalized spacial score (nSPS) is 11.5. The Morgan fingerprint density at radius 2 is 1.86 bits per heavy atom. The molecule has 21 heavy (non-hydrogen) atoms. The first-order valence-corrected chi connectivity index (χ1v) is 6.34. The Kier molecular flexibility index (Phi) is 4.43. The lowest BCUT2D eigenvalue weighted by atomic mass is 10.1. The zero-order valence-electron chi connectivity index (χ0n) is 10.2. The van der Waals surface area contributed by atoms with Crippen molar-refractivity contribution >= 4 is 29.0 Å². The number of nitrogens with zero attached hydrogens (tertiary/aromatic N) is 2. The zero-order valence-corrected chi connectivity index (χ0v) is 11.8. The van der Waals surface area contributed by atoms with E-state index in [0.29, 0.717) is 0 Å². The number of anilines is 1. The summed E-state index contributed by atoms with van der Waals surface area (Å²) in [7, 11) is 0. The lowest BCUT2D eigenvalue weighted by Gasteiger charge is -2.09. The van der Waals surface area contributed by atoms with Gasteiger partial charge in [0.1, 0.15) is 18.1 Å². The van der Waals surface area contributed by atoms with Crippen LogP contribution in [0.15, 0.2) is 24.3 Å². The molecule has 0 spiro atoms. The topological polar surface area (TPSA) is 58.0 Å². The quantitative estimate of drug-likeness (QED) is 0.884. The van der Waals surface area contributed by atoms with Crippen LogP contribution in [0.3, 0.4) is 0 Å². The van der Waals surface area contributed by atoms with Crippen LogP contribution in [-0.2, 0) is 0 Å². The summed E-state index contributed by atoms with van der Waals surface area (Å²) >= 11 is 11.7. The third-order valence-corrected chi connectivity index (χ3v) is 2.94. The van der Waals surface area contributed by atoms with Gasteiger partial charge in [-0.1, -0.05) is 23.2 Å². The first kappa shape index (κ1) is 15.7. The van der Waals surface area contributed by atoms with Crippen molar-refractivity contribution in [1.29, 1.82) is 0 Å². The van der Waals surface area contributed by atoms with E-state index in [-0.39, 0.29) is 32.9 Å². The fraction of sp³-hybridized carbons (Fsp3) is 0.167. The molecule has 0 amide bonds. The predicted molar refractivity (Wildman–Crippen MR) is 73.7 cm³/mol. The number of rotatable bonds is 3. The Morgan fingerprint density at radius 3 is 2.38 bits per heavy atom. The monoisotopic (exact) mass is 337 g/mol. The molecule has 0 fully saturated rings. The van der Waals surface area contributed by atoms with Gasteiger partial charge in [-0.15, -0.1) is 10.2 Å². The Bertz CT molecular complexity index is 624. The third-order valence-electron chi connectivity index (χ3n) is 2.42. The van der Waals surface area contributed by atoms with Crippen LogP contribution in [0.5, 0.6) is 5.75 Å². The highest BCUT2D eigenvalue weighted by Gasteiger charge is 2.26. The van der Waals surface area contributed by atoms with Crippen LogP contribution in [0.4, 0.5) is 19.0 Å². The summed E-state index contributed by atoms with van der Waals surface area (Å²) in [6.07, 6.45) is -4.35. The minimum atomic E-state index is -4.35. The van der Waals surface area contributed by atoms with Gasteiger partial charge in [-0.05, 0) is 24.3 Å². The van der Waals surface area contributed by atoms with Crippen molar-refractivity contribution in [3.63, 3.8) is 0 Å². The lowest BCUT2D eigenvalue weighted by Crippen LogP contribution is -2.21. The van der Waals surface area contributed by atoms with Gasteiger partial charge in [-0.2, -0.15) is 13.2 Å². The molecular formula is C12H8Cl2F3N3O. The minimum Gasteiger partial charge on any atom is -0.507 e. The summed E-state index contributed by atoms with van der Waals surface area (Å²) < 4.78 is 36.2. The average molecular weight is 338 g/mol. The van der Waals surface area contributed by atoms with E-state index in [1.165, 1.54) is 24.3 Å². The maximum atomic E-state index is 12.1. The van der Waals surface area contributed by atoms with Crippen molar-refractivity contribution in [2.24, 2.45) is 0 Å². The number of aromatic hydroxyl groups is 1. The van der Waals surface area contributed by atoms with Crippen molar-refractivity contribution in [3.05, 3.63) is 34.3 Å². The van der Waals surface area contributed by atoms with E-state index in [9.17, 15) is 18.3 Å². The highest BCUT2D eigenvalue weighted by atomic mass is 35.5. The molecule has 2 rings (SSSR count). The SMILES string of the molecule is Oc1cc(Cl)cc(Cl)c1-c1ccc(NCC(F)(F)F)nn1. The fourth-order valence-electron chi connectivity index (χ4n) is 1.56. The molecule has 112 valence electrons. The largest absolute Gasteiger partial charge is 0.507 e. The second-order valence-corrected chi connectivity index (χ2v) is 4.90. The van der Waals surface area contributed by atoms with Gasteiger partial charge in [0.2, 0.25) is 0 Å². The molecule has 0 saturated carbocycles. The lowest BCUT2D eigenvalue weighted by molar-refractivity contribution is -0.115. The first-order chi connectivity index (χ1) is 9.76. The number of phenolic OH excluding ortho intramolecular Hbond substituents is 1. The van der Waals surface area contributed by atoms with Gasteiger partial charge in [-0.25, -0.2) is 0 Å². The molecule has 0 bridgehead atoms. The van der Waals surface area contributed by atoms with Crippen LogP contribution in [0.1, 0.15) is 0 Å². The smallest absolute Gasteiger partial charge is 0.405 e. The van der Waals surface area contributed by atoms with Crippen molar-refractivity contribution in [2.45, 2.75) is 6.18 Å². The Morgan fingerprint density at radius 1 is 1.14 bits per heavy atom. The van der Waals surface area contributed by atoms with Crippen LogP contribution < -0.4 is 5.32 Å². The van der Waals surface area contributed by atoms with Gasteiger partial charge in [0.15, 0.2) is 0 Å². The summed E-state index contributed by atoms with van der Waals surface area (Å²) in [4.78, 5) is 0. The van der Waals surface area contributed by atoms with Gasteiger partial charge in [0, 0.05) is 5.02 Å². The molecule has 0 radical (unpaired) electrons. The van der Waals surface area contributed by atoms with Crippen LogP contribution >= 0.6 is 23.2 Å².